The van der Waals surface area contributed by atoms with Crippen LogP contribution in [-0.2, 0) is 0 Å². The van der Waals surface area contributed by atoms with Crippen molar-refractivity contribution in [3.8, 4) is 0 Å². The number of piperidine rings is 1. The average molecular weight is 308 g/mol. The molecule has 114 valence electrons. The number of carbonyl (C=O) groups excluding carboxylic acids is 1. The molecule has 0 radical (unpaired) electrons. The Bertz CT molecular complexity index is 595. The third-order valence-corrected chi connectivity index (χ3v) is 5.07. The van der Waals surface area contributed by atoms with E-state index in [9.17, 15) is 9.59 Å². The lowest BCUT2D eigenvalue weighted by Crippen LogP contribution is -2.48. The highest BCUT2D eigenvalue weighted by atomic mass is 32.2. The van der Waals surface area contributed by atoms with E-state index in [1.165, 1.54) is 18.0 Å². The van der Waals surface area contributed by atoms with Crippen LogP contribution in [0.2, 0.25) is 0 Å². The molecule has 7 heteroatoms. The minimum absolute atomic E-state index is 0.149. The Morgan fingerprint density at radius 3 is 3.00 bits per heavy atom. The summed E-state index contributed by atoms with van der Waals surface area (Å²) in [7, 11) is 0. The van der Waals surface area contributed by atoms with E-state index in [-0.39, 0.29) is 22.4 Å². The molecule has 2 fully saturated rings. The highest BCUT2D eigenvalue weighted by Gasteiger charge is 2.39. The molecule has 6 nitrogen and oxygen atoms in total. The third-order valence-electron chi connectivity index (χ3n) is 4.48. The number of aromatic nitrogens is 2. The summed E-state index contributed by atoms with van der Waals surface area (Å²) in [6.07, 6.45) is 6.50. The second-order valence-electron chi connectivity index (χ2n) is 5.89. The molecule has 3 heterocycles. The molecule has 0 unspecified atom stereocenters. The zero-order chi connectivity index (χ0) is 14.9. The van der Waals surface area contributed by atoms with Gasteiger partial charge in [0.2, 0.25) is 0 Å². The van der Waals surface area contributed by atoms with Gasteiger partial charge in [-0.3, -0.25) is 9.59 Å². The van der Waals surface area contributed by atoms with Gasteiger partial charge in [0.15, 0.2) is 5.16 Å². The monoisotopic (exact) mass is 308 g/mol. The molecule has 2 aliphatic rings. The molecule has 2 N–H and O–H groups in total. The standard InChI is InChI=1S/C14H20N4O2S/c1-21-13-16-7-10(11(19)17-13)12(20)18-6-2-3-14(9-18)4-5-15-8-14/h7,15H,2-6,8-9H2,1H3,(H,16,17,19)/t14-/m0/s1. The molecule has 0 bridgehead atoms. The van der Waals surface area contributed by atoms with Crippen molar-refractivity contribution in [1.29, 1.82) is 0 Å². The number of rotatable bonds is 2. The minimum Gasteiger partial charge on any atom is -0.338 e. The van der Waals surface area contributed by atoms with Gasteiger partial charge < -0.3 is 15.2 Å². The first-order valence-corrected chi connectivity index (χ1v) is 8.49. The normalized spacial score (nSPS) is 25.5. The second-order valence-corrected chi connectivity index (χ2v) is 6.69. The van der Waals surface area contributed by atoms with E-state index < -0.39 is 0 Å². The van der Waals surface area contributed by atoms with Crippen LogP contribution in [0.4, 0.5) is 0 Å². The second kappa shape index (κ2) is 5.81. The van der Waals surface area contributed by atoms with Crippen molar-refractivity contribution in [1.82, 2.24) is 20.2 Å². The summed E-state index contributed by atoms with van der Waals surface area (Å²) in [5.74, 6) is -0.192. The molecule has 0 saturated carbocycles. The van der Waals surface area contributed by atoms with Crippen molar-refractivity contribution in [2.24, 2.45) is 5.41 Å². The molecular weight excluding hydrogens is 288 g/mol. The van der Waals surface area contributed by atoms with Crippen LogP contribution < -0.4 is 10.9 Å². The summed E-state index contributed by atoms with van der Waals surface area (Å²) in [5.41, 5.74) is 0.00663. The maximum absolute atomic E-state index is 12.6. The Morgan fingerprint density at radius 2 is 2.33 bits per heavy atom. The number of thioether (sulfide) groups is 1. The van der Waals surface area contributed by atoms with Gasteiger partial charge in [-0.1, -0.05) is 11.8 Å². The third kappa shape index (κ3) is 2.85. The van der Waals surface area contributed by atoms with Gasteiger partial charge in [0, 0.05) is 31.2 Å². The predicted octanol–water partition coefficient (Wildman–Crippen LogP) is 0.707. The number of hydrogen-bond donors (Lipinski definition) is 2. The molecule has 1 spiro atoms. The van der Waals surface area contributed by atoms with E-state index in [0.717, 1.165) is 45.4 Å². The van der Waals surface area contributed by atoms with Crippen molar-refractivity contribution >= 4 is 17.7 Å². The van der Waals surface area contributed by atoms with Crippen molar-refractivity contribution in [2.75, 3.05) is 32.4 Å². The van der Waals surface area contributed by atoms with Gasteiger partial charge in [0.1, 0.15) is 5.56 Å². The number of nitrogens with one attached hydrogen (secondary N) is 2. The fourth-order valence-corrected chi connectivity index (χ4v) is 3.68. The molecule has 1 aromatic heterocycles. The number of carbonyl (C=O) groups is 1. The Balaban J connectivity index is 1.80. The summed E-state index contributed by atoms with van der Waals surface area (Å²) in [5, 5.41) is 3.92. The fraction of sp³-hybridized carbons (Fsp3) is 0.643. The molecule has 0 aromatic carbocycles. The lowest BCUT2D eigenvalue weighted by atomic mass is 9.79. The molecule has 21 heavy (non-hydrogen) atoms. The predicted molar refractivity (Wildman–Crippen MR) is 81.7 cm³/mol. The first-order chi connectivity index (χ1) is 10.1. The van der Waals surface area contributed by atoms with Crippen LogP contribution in [0.1, 0.15) is 29.6 Å². The molecule has 0 aliphatic carbocycles. The van der Waals surface area contributed by atoms with Crippen molar-refractivity contribution in [2.45, 2.75) is 24.4 Å². The Morgan fingerprint density at radius 1 is 1.48 bits per heavy atom. The number of hydrogen-bond acceptors (Lipinski definition) is 5. The Labute approximate surface area is 127 Å². The van der Waals surface area contributed by atoms with Gasteiger partial charge in [-0.2, -0.15) is 0 Å². The van der Waals surface area contributed by atoms with Gasteiger partial charge in [-0.15, -0.1) is 0 Å². The van der Waals surface area contributed by atoms with E-state index in [0.29, 0.717) is 5.16 Å². The van der Waals surface area contributed by atoms with Crippen molar-refractivity contribution in [3.05, 3.63) is 22.1 Å². The van der Waals surface area contributed by atoms with Crippen LogP contribution in [0.5, 0.6) is 0 Å². The number of aromatic amines is 1. The zero-order valence-electron chi connectivity index (χ0n) is 12.1. The van der Waals surface area contributed by atoms with E-state index in [1.54, 1.807) is 0 Å². The average Bonchev–Trinajstić information content (AvgIpc) is 2.94. The van der Waals surface area contributed by atoms with E-state index >= 15 is 0 Å². The van der Waals surface area contributed by atoms with Crippen LogP contribution in [0, 0.1) is 5.41 Å². The number of H-pyrrole nitrogens is 1. The largest absolute Gasteiger partial charge is 0.338 e. The lowest BCUT2D eigenvalue weighted by Gasteiger charge is -2.39. The van der Waals surface area contributed by atoms with Crippen LogP contribution in [-0.4, -0.2) is 53.2 Å². The maximum Gasteiger partial charge on any atom is 0.264 e. The highest BCUT2D eigenvalue weighted by molar-refractivity contribution is 7.98. The Kier molecular flexibility index (Phi) is 4.03. The van der Waals surface area contributed by atoms with Crippen LogP contribution in [0.15, 0.2) is 16.1 Å². The van der Waals surface area contributed by atoms with Gasteiger partial charge in [-0.05, 0) is 32.1 Å². The smallest absolute Gasteiger partial charge is 0.264 e. The first kappa shape index (κ1) is 14.6. The molecule has 1 aromatic rings. The summed E-state index contributed by atoms with van der Waals surface area (Å²) < 4.78 is 0. The molecule has 3 rings (SSSR count). The van der Waals surface area contributed by atoms with Crippen molar-refractivity contribution in [3.63, 3.8) is 0 Å². The molecule has 1 amide bonds. The fourth-order valence-electron chi connectivity index (χ4n) is 3.33. The van der Waals surface area contributed by atoms with Gasteiger partial charge in [0.25, 0.3) is 11.5 Å². The topological polar surface area (TPSA) is 78.1 Å². The summed E-state index contributed by atoms with van der Waals surface area (Å²) in [6, 6.07) is 0. The maximum atomic E-state index is 12.6. The summed E-state index contributed by atoms with van der Waals surface area (Å²) >= 11 is 1.35. The van der Waals surface area contributed by atoms with E-state index in [2.05, 4.69) is 15.3 Å². The van der Waals surface area contributed by atoms with Crippen LogP contribution in [0.25, 0.3) is 0 Å². The van der Waals surface area contributed by atoms with Crippen LogP contribution in [0.3, 0.4) is 0 Å². The van der Waals surface area contributed by atoms with E-state index in [1.807, 2.05) is 11.2 Å². The summed E-state index contributed by atoms with van der Waals surface area (Å²) in [6.45, 7) is 3.45. The number of amides is 1. The van der Waals surface area contributed by atoms with Gasteiger partial charge >= 0.3 is 0 Å². The number of likely N-dealkylation sites (tertiary alicyclic amines) is 1. The van der Waals surface area contributed by atoms with Gasteiger partial charge in [0.05, 0.1) is 0 Å². The van der Waals surface area contributed by atoms with Crippen molar-refractivity contribution < 1.29 is 4.79 Å². The first-order valence-electron chi connectivity index (χ1n) is 7.27. The minimum atomic E-state index is -0.344. The highest BCUT2D eigenvalue weighted by Crippen LogP contribution is 2.35. The molecule has 2 saturated heterocycles. The lowest BCUT2D eigenvalue weighted by molar-refractivity contribution is 0.0551. The Hall–Kier alpha value is -1.34. The molecule has 1 atom stereocenters. The SMILES string of the molecule is CSc1ncc(C(=O)N2CCC[C@@]3(CCNC3)C2)c(=O)[nH]1. The quantitative estimate of drug-likeness (QED) is 0.621. The summed E-state index contributed by atoms with van der Waals surface area (Å²) in [4.78, 5) is 33.2. The zero-order valence-corrected chi connectivity index (χ0v) is 13.0. The van der Waals surface area contributed by atoms with E-state index in [4.69, 9.17) is 0 Å². The molecular formula is C14H20N4O2S. The number of nitrogens with zero attached hydrogens (tertiary/aromatic N) is 2. The molecule has 2 aliphatic heterocycles. The van der Waals surface area contributed by atoms with Gasteiger partial charge in [-0.25, -0.2) is 4.98 Å². The van der Waals surface area contributed by atoms with Crippen LogP contribution >= 0.6 is 11.8 Å².